The first-order valence-electron chi connectivity index (χ1n) is 6.56. The van der Waals surface area contributed by atoms with Crippen LogP contribution >= 0.6 is 0 Å². The average molecular weight is 266 g/mol. The molecule has 1 aromatic heterocycles. The molecule has 1 fully saturated rings. The van der Waals surface area contributed by atoms with E-state index in [-0.39, 0.29) is 5.78 Å². The van der Waals surface area contributed by atoms with Gasteiger partial charge in [0, 0.05) is 26.1 Å². The Balaban J connectivity index is 1.80. The van der Waals surface area contributed by atoms with Crippen LogP contribution in [0.4, 0.5) is 4.39 Å². The largest absolute Gasteiger partial charge is 0.390 e. The third-order valence-electron chi connectivity index (χ3n) is 3.60. The van der Waals surface area contributed by atoms with E-state index in [1.807, 2.05) is 6.92 Å². The van der Waals surface area contributed by atoms with Crippen molar-refractivity contribution in [2.45, 2.75) is 31.8 Å². The third-order valence-corrected chi connectivity index (χ3v) is 3.60. The molecule has 0 amide bonds. The number of hydrogen-bond donors (Lipinski definition) is 1. The minimum absolute atomic E-state index is 0.0719. The molecule has 104 valence electrons. The third kappa shape index (κ3) is 4.08. The SMILES string of the molecule is CC1(O)CCN(CCC(=O)c2ccc(F)cn2)CC1. The van der Waals surface area contributed by atoms with Crippen LogP contribution in [0.1, 0.15) is 36.7 Å². The smallest absolute Gasteiger partial charge is 0.182 e. The van der Waals surface area contributed by atoms with E-state index in [0.29, 0.717) is 18.7 Å². The number of halogens is 1. The molecule has 1 aromatic rings. The van der Waals surface area contributed by atoms with Gasteiger partial charge in [0.05, 0.1) is 11.8 Å². The molecule has 0 aromatic carbocycles. The number of pyridine rings is 1. The van der Waals surface area contributed by atoms with Crippen molar-refractivity contribution in [3.8, 4) is 0 Å². The summed E-state index contributed by atoms with van der Waals surface area (Å²) in [5.41, 5.74) is -0.260. The average Bonchev–Trinajstić information content (AvgIpc) is 2.38. The van der Waals surface area contributed by atoms with Gasteiger partial charge < -0.3 is 10.0 Å². The van der Waals surface area contributed by atoms with Crippen molar-refractivity contribution in [1.29, 1.82) is 0 Å². The quantitative estimate of drug-likeness (QED) is 0.842. The van der Waals surface area contributed by atoms with Crippen LogP contribution in [0.15, 0.2) is 18.3 Å². The highest BCUT2D eigenvalue weighted by molar-refractivity contribution is 5.94. The molecule has 1 aliphatic heterocycles. The van der Waals surface area contributed by atoms with E-state index in [0.717, 1.165) is 32.1 Å². The van der Waals surface area contributed by atoms with E-state index >= 15 is 0 Å². The Morgan fingerprint density at radius 2 is 2.16 bits per heavy atom. The number of piperidine rings is 1. The molecular formula is C14H19FN2O2. The van der Waals surface area contributed by atoms with Gasteiger partial charge >= 0.3 is 0 Å². The van der Waals surface area contributed by atoms with Crippen molar-refractivity contribution in [1.82, 2.24) is 9.88 Å². The van der Waals surface area contributed by atoms with Gasteiger partial charge in [0.25, 0.3) is 0 Å². The van der Waals surface area contributed by atoms with Crippen LogP contribution in [0, 0.1) is 5.82 Å². The zero-order valence-electron chi connectivity index (χ0n) is 11.1. The minimum atomic E-state index is -0.570. The zero-order chi connectivity index (χ0) is 13.9. The topological polar surface area (TPSA) is 53.4 Å². The summed E-state index contributed by atoms with van der Waals surface area (Å²) in [4.78, 5) is 17.8. The van der Waals surface area contributed by atoms with Gasteiger partial charge in [-0.05, 0) is 31.9 Å². The fraction of sp³-hybridized carbons (Fsp3) is 0.571. The lowest BCUT2D eigenvalue weighted by Gasteiger charge is -2.35. The van der Waals surface area contributed by atoms with Gasteiger partial charge in [-0.1, -0.05) is 0 Å². The Kier molecular flexibility index (Phi) is 4.27. The fourth-order valence-electron chi connectivity index (χ4n) is 2.19. The maximum Gasteiger partial charge on any atom is 0.182 e. The van der Waals surface area contributed by atoms with Crippen molar-refractivity contribution < 1.29 is 14.3 Å². The first kappa shape index (κ1) is 14.1. The Labute approximate surface area is 112 Å². The van der Waals surface area contributed by atoms with Gasteiger partial charge in [-0.15, -0.1) is 0 Å². The number of Topliss-reactive ketones (excluding diaryl/α,β-unsaturated/α-hetero) is 1. The molecular weight excluding hydrogens is 247 g/mol. The summed E-state index contributed by atoms with van der Waals surface area (Å²) in [5, 5.41) is 9.83. The van der Waals surface area contributed by atoms with E-state index in [1.54, 1.807) is 0 Å². The van der Waals surface area contributed by atoms with E-state index < -0.39 is 11.4 Å². The Morgan fingerprint density at radius 1 is 1.47 bits per heavy atom. The minimum Gasteiger partial charge on any atom is -0.390 e. The molecule has 0 spiro atoms. The molecule has 1 aliphatic rings. The van der Waals surface area contributed by atoms with Crippen LogP contribution in [0.25, 0.3) is 0 Å². The number of aliphatic hydroxyl groups is 1. The van der Waals surface area contributed by atoms with Gasteiger partial charge in [0.2, 0.25) is 0 Å². The monoisotopic (exact) mass is 266 g/mol. The van der Waals surface area contributed by atoms with Crippen molar-refractivity contribution in [3.05, 3.63) is 29.8 Å². The lowest BCUT2D eigenvalue weighted by Crippen LogP contribution is -2.43. The normalized spacial score (nSPS) is 19.3. The molecule has 0 saturated carbocycles. The van der Waals surface area contributed by atoms with E-state index in [4.69, 9.17) is 0 Å². The predicted octanol–water partition coefficient (Wildman–Crippen LogP) is 1.64. The maximum absolute atomic E-state index is 12.7. The first-order chi connectivity index (χ1) is 8.96. The molecule has 0 radical (unpaired) electrons. The van der Waals surface area contributed by atoms with E-state index in [9.17, 15) is 14.3 Å². The van der Waals surface area contributed by atoms with Crippen LogP contribution in [-0.4, -0.2) is 46.0 Å². The molecule has 0 unspecified atom stereocenters. The summed E-state index contributed by atoms with van der Waals surface area (Å²) in [7, 11) is 0. The predicted molar refractivity (Wildman–Crippen MR) is 69.4 cm³/mol. The van der Waals surface area contributed by atoms with Gasteiger partial charge in [-0.3, -0.25) is 9.78 Å². The molecule has 2 heterocycles. The number of ketones is 1. The summed E-state index contributed by atoms with van der Waals surface area (Å²) < 4.78 is 12.7. The summed E-state index contributed by atoms with van der Waals surface area (Å²) in [5.74, 6) is -0.507. The lowest BCUT2D eigenvalue weighted by molar-refractivity contribution is -0.00506. The Hall–Kier alpha value is -1.33. The second-order valence-electron chi connectivity index (χ2n) is 5.37. The maximum atomic E-state index is 12.7. The molecule has 1 saturated heterocycles. The number of carbonyl (C=O) groups is 1. The van der Waals surface area contributed by atoms with Gasteiger partial charge in [-0.25, -0.2) is 4.39 Å². The highest BCUT2D eigenvalue weighted by Gasteiger charge is 2.27. The molecule has 1 N–H and O–H groups in total. The second kappa shape index (κ2) is 5.75. The van der Waals surface area contributed by atoms with Gasteiger partial charge in [0.1, 0.15) is 11.5 Å². The summed E-state index contributed by atoms with van der Waals surface area (Å²) in [6.07, 6.45) is 2.90. The highest BCUT2D eigenvalue weighted by Crippen LogP contribution is 2.21. The van der Waals surface area contributed by atoms with Crippen LogP contribution in [-0.2, 0) is 0 Å². The molecule has 2 rings (SSSR count). The van der Waals surface area contributed by atoms with Crippen LogP contribution < -0.4 is 0 Å². The first-order valence-corrected chi connectivity index (χ1v) is 6.56. The molecule has 19 heavy (non-hydrogen) atoms. The number of likely N-dealkylation sites (tertiary alicyclic amines) is 1. The second-order valence-corrected chi connectivity index (χ2v) is 5.37. The standard InChI is InChI=1S/C14H19FN2O2/c1-14(19)5-8-17(9-6-14)7-4-13(18)12-3-2-11(15)10-16-12/h2-3,10,19H,4-9H2,1H3. The summed E-state index contributed by atoms with van der Waals surface area (Å²) >= 11 is 0. The van der Waals surface area contributed by atoms with Crippen LogP contribution in [0.5, 0.6) is 0 Å². The highest BCUT2D eigenvalue weighted by atomic mass is 19.1. The number of rotatable bonds is 4. The lowest BCUT2D eigenvalue weighted by atomic mass is 9.94. The number of nitrogens with zero attached hydrogens (tertiary/aromatic N) is 2. The fourth-order valence-corrected chi connectivity index (χ4v) is 2.19. The molecule has 4 nitrogen and oxygen atoms in total. The summed E-state index contributed by atoms with van der Waals surface area (Å²) in [6.45, 7) is 4.11. The molecule has 0 atom stereocenters. The van der Waals surface area contributed by atoms with Crippen LogP contribution in [0.3, 0.4) is 0 Å². The zero-order valence-corrected chi connectivity index (χ0v) is 11.1. The number of aromatic nitrogens is 1. The number of carbonyl (C=O) groups excluding carboxylic acids is 1. The van der Waals surface area contributed by atoms with Crippen molar-refractivity contribution >= 4 is 5.78 Å². The molecule has 5 heteroatoms. The van der Waals surface area contributed by atoms with E-state index in [1.165, 1.54) is 12.1 Å². The number of hydrogen-bond acceptors (Lipinski definition) is 4. The van der Waals surface area contributed by atoms with E-state index in [2.05, 4.69) is 9.88 Å². The molecule has 0 aliphatic carbocycles. The van der Waals surface area contributed by atoms with Crippen LogP contribution in [0.2, 0.25) is 0 Å². The van der Waals surface area contributed by atoms with Gasteiger partial charge in [0.15, 0.2) is 5.78 Å². The van der Waals surface area contributed by atoms with Crippen molar-refractivity contribution in [2.75, 3.05) is 19.6 Å². The van der Waals surface area contributed by atoms with Crippen molar-refractivity contribution in [2.24, 2.45) is 0 Å². The Bertz CT molecular complexity index is 435. The Morgan fingerprint density at radius 3 is 2.74 bits per heavy atom. The molecule has 0 bridgehead atoms. The van der Waals surface area contributed by atoms with Gasteiger partial charge in [-0.2, -0.15) is 0 Å². The van der Waals surface area contributed by atoms with Crippen molar-refractivity contribution in [3.63, 3.8) is 0 Å². The summed E-state index contributed by atoms with van der Waals surface area (Å²) in [6, 6.07) is 2.66.